The number of nitrogens with zero attached hydrogens (tertiary/aromatic N) is 3. The van der Waals surface area contributed by atoms with E-state index in [1.807, 2.05) is 48.4 Å². The second-order valence-corrected chi connectivity index (χ2v) is 8.01. The zero-order chi connectivity index (χ0) is 19.9. The summed E-state index contributed by atoms with van der Waals surface area (Å²) in [6, 6.07) is 11.2. The largest absolute Gasteiger partial charge is 0.486 e. The molecule has 1 amide bonds. The number of rotatable bonds is 8. The van der Waals surface area contributed by atoms with Crippen LogP contribution in [-0.2, 0) is 24.4 Å². The molecule has 0 unspecified atom stereocenters. The van der Waals surface area contributed by atoms with Gasteiger partial charge in [-0.15, -0.1) is 11.3 Å². The number of carbonyl (C=O) groups is 1. The summed E-state index contributed by atoms with van der Waals surface area (Å²) in [5.74, 6) is 0.786. The van der Waals surface area contributed by atoms with Crippen molar-refractivity contribution in [2.75, 3.05) is 0 Å². The van der Waals surface area contributed by atoms with Gasteiger partial charge in [0.1, 0.15) is 17.4 Å². The van der Waals surface area contributed by atoms with Crippen molar-refractivity contribution in [1.29, 1.82) is 0 Å². The first-order valence-electron chi connectivity index (χ1n) is 9.01. The van der Waals surface area contributed by atoms with Gasteiger partial charge >= 0.3 is 0 Å². The highest BCUT2D eigenvalue weighted by Gasteiger charge is 2.19. The summed E-state index contributed by atoms with van der Waals surface area (Å²) in [7, 11) is 0. The van der Waals surface area contributed by atoms with Crippen LogP contribution in [0.4, 0.5) is 0 Å². The monoisotopic (exact) mass is 415 g/mol. The predicted octanol–water partition coefficient (Wildman–Crippen LogP) is 4.75. The van der Waals surface area contributed by atoms with E-state index in [2.05, 4.69) is 9.97 Å². The smallest absolute Gasteiger partial charge is 0.229 e. The first-order valence-corrected chi connectivity index (χ1v) is 10.3. The van der Waals surface area contributed by atoms with Gasteiger partial charge in [-0.1, -0.05) is 17.7 Å². The second-order valence-electron chi connectivity index (χ2n) is 6.63. The van der Waals surface area contributed by atoms with E-state index in [-0.39, 0.29) is 18.4 Å². The van der Waals surface area contributed by atoms with Crippen molar-refractivity contribution in [3.05, 3.63) is 75.5 Å². The zero-order valence-corrected chi connectivity index (χ0v) is 17.4. The fraction of sp³-hybridized carbons (Fsp3) is 0.286. The molecule has 0 radical (unpaired) electrons. The van der Waals surface area contributed by atoms with E-state index < -0.39 is 0 Å². The maximum absolute atomic E-state index is 12.8. The van der Waals surface area contributed by atoms with Gasteiger partial charge in [-0.3, -0.25) is 9.78 Å². The third-order valence-corrected chi connectivity index (χ3v) is 5.25. The van der Waals surface area contributed by atoms with Gasteiger partial charge in [-0.05, 0) is 49.7 Å². The van der Waals surface area contributed by atoms with Crippen LogP contribution in [0, 0.1) is 0 Å². The lowest BCUT2D eigenvalue weighted by Gasteiger charge is -2.26. The Morgan fingerprint density at radius 3 is 2.71 bits per heavy atom. The maximum atomic E-state index is 12.8. The summed E-state index contributed by atoms with van der Waals surface area (Å²) in [5.41, 5.74) is 1.78. The van der Waals surface area contributed by atoms with Gasteiger partial charge in [-0.2, -0.15) is 0 Å². The van der Waals surface area contributed by atoms with Gasteiger partial charge in [0.15, 0.2) is 0 Å². The van der Waals surface area contributed by atoms with Crippen LogP contribution in [0.5, 0.6) is 5.75 Å². The van der Waals surface area contributed by atoms with Gasteiger partial charge < -0.3 is 9.64 Å². The highest BCUT2D eigenvalue weighted by molar-refractivity contribution is 7.09. The average molecular weight is 416 g/mol. The number of benzene rings is 1. The van der Waals surface area contributed by atoms with Crippen molar-refractivity contribution in [2.24, 2.45) is 0 Å². The Labute approximate surface area is 174 Å². The molecule has 0 spiro atoms. The summed E-state index contributed by atoms with van der Waals surface area (Å²) >= 11 is 7.37. The quantitative estimate of drug-likeness (QED) is 0.532. The number of thiazole rings is 1. The zero-order valence-electron chi connectivity index (χ0n) is 15.8. The molecule has 2 heterocycles. The topological polar surface area (TPSA) is 55.3 Å². The Balaban J connectivity index is 1.57. The summed E-state index contributed by atoms with van der Waals surface area (Å²) in [6.07, 6.45) is 3.79. The number of pyridine rings is 1. The molecule has 5 nitrogen and oxygen atoms in total. The molecule has 146 valence electrons. The van der Waals surface area contributed by atoms with E-state index >= 15 is 0 Å². The summed E-state index contributed by atoms with van der Waals surface area (Å²) in [5, 5.41) is 3.42. The van der Waals surface area contributed by atoms with Crippen molar-refractivity contribution in [3.63, 3.8) is 0 Å². The van der Waals surface area contributed by atoms with Crippen LogP contribution in [0.2, 0.25) is 5.02 Å². The van der Waals surface area contributed by atoms with Crippen LogP contribution < -0.4 is 4.74 Å². The lowest BCUT2D eigenvalue weighted by atomic mass is 10.2. The standard InChI is InChI=1S/C21H22ClN3O2S/c1-15(2)25(12-16-4-3-9-23-11-16)21(26)10-18-14-28-20(24-18)13-27-19-7-5-17(22)6-8-19/h3-9,11,14-15H,10,12-13H2,1-2H3. The molecule has 0 fully saturated rings. The molecule has 0 atom stereocenters. The lowest BCUT2D eigenvalue weighted by molar-refractivity contribution is -0.132. The Hall–Kier alpha value is -2.44. The van der Waals surface area contributed by atoms with Crippen LogP contribution in [0.3, 0.4) is 0 Å². The highest BCUT2D eigenvalue weighted by atomic mass is 35.5. The fourth-order valence-electron chi connectivity index (χ4n) is 2.68. The van der Waals surface area contributed by atoms with Crippen LogP contribution in [0.25, 0.3) is 0 Å². The molecule has 0 aliphatic rings. The highest BCUT2D eigenvalue weighted by Crippen LogP contribution is 2.19. The molecule has 3 aromatic rings. The van der Waals surface area contributed by atoms with Gasteiger partial charge in [0, 0.05) is 35.4 Å². The van der Waals surface area contributed by atoms with Crippen molar-refractivity contribution >= 4 is 28.8 Å². The van der Waals surface area contributed by atoms with Crippen LogP contribution >= 0.6 is 22.9 Å². The molecule has 28 heavy (non-hydrogen) atoms. The van der Waals surface area contributed by atoms with Crippen LogP contribution in [0.1, 0.15) is 30.1 Å². The summed E-state index contributed by atoms with van der Waals surface area (Å²) in [4.78, 5) is 23.3. The molecule has 0 aliphatic carbocycles. The van der Waals surface area contributed by atoms with E-state index in [0.29, 0.717) is 18.2 Å². The van der Waals surface area contributed by atoms with Crippen molar-refractivity contribution < 1.29 is 9.53 Å². The van der Waals surface area contributed by atoms with Crippen molar-refractivity contribution in [3.8, 4) is 5.75 Å². The Bertz CT molecular complexity index is 898. The minimum Gasteiger partial charge on any atom is -0.486 e. The number of halogens is 1. The van der Waals surface area contributed by atoms with Gasteiger partial charge in [0.2, 0.25) is 5.91 Å². The fourth-order valence-corrected chi connectivity index (χ4v) is 3.51. The molecule has 0 aliphatic heterocycles. The molecular weight excluding hydrogens is 394 g/mol. The van der Waals surface area contributed by atoms with Crippen molar-refractivity contribution in [1.82, 2.24) is 14.9 Å². The number of ether oxygens (including phenoxy) is 1. The van der Waals surface area contributed by atoms with E-state index in [0.717, 1.165) is 22.0 Å². The average Bonchev–Trinajstić information content (AvgIpc) is 3.13. The second kappa shape index (κ2) is 9.66. The van der Waals surface area contributed by atoms with Crippen LogP contribution in [-0.4, -0.2) is 26.8 Å². The Morgan fingerprint density at radius 2 is 2.04 bits per heavy atom. The van der Waals surface area contributed by atoms with E-state index in [1.165, 1.54) is 11.3 Å². The van der Waals surface area contributed by atoms with Gasteiger partial charge in [0.25, 0.3) is 0 Å². The minimum absolute atomic E-state index is 0.0503. The Morgan fingerprint density at radius 1 is 1.25 bits per heavy atom. The molecular formula is C21H22ClN3O2S. The Kier molecular flexibility index (Phi) is 7.01. The number of hydrogen-bond donors (Lipinski definition) is 0. The third kappa shape index (κ3) is 5.78. The van der Waals surface area contributed by atoms with Gasteiger partial charge in [-0.25, -0.2) is 4.98 Å². The molecule has 7 heteroatoms. The number of aromatic nitrogens is 2. The van der Waals surface area contributed by atoms with E-state index in [4.69, 9.17) is 16.3 Å². The molecule has 0 N–H and O–H groups in total. The molecule has 2 aromatic heterocycles. The van der Waals surface area contributed by atoms with E-state index in [1.54, 1.807) is 24.5 Å². The third-order valence-electron chi connectivity index (χ3n) is 4.13. The van der Waals surface area contributed by atoms with Crippen molar-refractivity contribution in [2.45, 2.75) is 39.5 Å². The predicted molar refractivity (Wildman–Crippen MR) is 112 cm³/mol. The normalized spacial score (nSPS) is 10.9. The lowest BCUT2D eigenvalue weighted by Crippen LogP contribution is -2.37. The summed E-state index contributed by atoms with van der Waals surface area (Å²) < 4.78 is 5.72. The molecule has 1 aromatic carbocycles. The molecule has 0 bridgehead atoms. The van der Waals surface area contributed by atoms with Crippen LogP contribution in [0.15, 0.2) is 54.2 Å². The number of amides is 1. The number of hydrogen-bond acceptors (Lipinski definition) is 5. The summed E-state index contributed by atoms with van der Waals surface area (Å²) in [6.45, 7) is 4.94. The first kappa shape index (κ1) is 20.3. The number of carbonyl (C=O) groups excluding carboxylic acids is 1. The molecule has 3 rings (SSSR count). The van der Waals surface area contributed by atoms with Gasteiger partial charge in [0.05, 0.1) is 12.1 Å². The SMILES string of the molecule is CC(C)N(Cc1cccnc1)C(=O)Cc1csc(COc2ccc(Cl)cc2)n1. The van der Waals surface area contributed by atoms with E-state index in [9.17, 15) is 4.79 Å². The molecule has 0 saturated heterocycles. The molecule has 0 saturated carbocycles. The first-order chi connectivity index (χ1) is 13.5. The minimum atomic E-state index is 0.0503. The maximum Gasteiger partial charge on any atom is 0.229 e.